The number of hydrogen-bond acceptors (Lipinski definition) is 1. The predicted molar refractivity (Wildman–Crippen MR) is 32.5 cm³/mol. The van der Waals surface area contributed by atoms with Gasteiger partial charge in [-0.05, 0) is 0 Å². The SMILES string of the molecule is COCC(C(F)(F)F)(C(F)(F)F)C(F)(F)F. The minimum absolute atomic E-state index is 0.317. The van der Waals surface area contributed by atoms with E-state index in [1.807, 2.05) is 0 Å². The Morgan fingerprint density at radius 3 is 1.00 bits per heavy atom. The minimum atomic E-state index is -6.54. The molecule has 0 fully saturated rings. The van der Waals surface area contributed by atoms with E-state index in [9.17, 15) is 39.5 Å². The van der Waals surface area contributed by atoms with Crippen molar-refractivity contribution in [3.8, 4) is 0 Å². The Kier molecular flexibility index (Phi) is 3.80. The molecule has 0 radical (unpaired) electrons. The largest absolute Gasteiger partial charge is 0.414 e. The van der Waals surface area contributed by atoms with Crippen molar-refractivity contribution in [3.63, 3.8) is 0 Å². The summed E-state index contributed by atoms with van der Waals surface area (Å²) >= 11 is 0. The quantitative estimate of drug-likeness (QED) is 0.695. The summed E-state index contributed by atoms with van der Waals surface area (Å²) in [4.78, 5) is 0. The Morgan fingerprint density at radius 2 is 0.938 bits per heavy atom. The summed E-state index contributed by atoms with van der Waals surface area (Å²) in [5, 5.41) is 0. The number of rotatable bonds is 2. The molecule has 0 aliphatic rings. The van der Waals surface area contributed by atoms with Gasteiger partial charge in [-0.25, -0.2) is 0 Å². The van der Waals surface area contributed by atoms with E-state index in [-0.39, 0.29) is 0 Å². The maximum Gasteiger partial charge on any atom is 0.414 e. The molecule has 0 aliphatic heterocycles. The third-order valence-electron chi connectivity index (χ3n) is 1.81. The number of ether oxygens (including phenoxy) is 1. The molecule has 0 rings (SSSR count). The Labute approximate surface area is 83.2 Å². The smallest absolute Gasteiger partial charge is 0.383 e. The molecule has 10 heteroatoms. The monoisotopic (exact) mass is 264 g/mol. The molecule has 98 valence electrons. The van der Waals surface area contributed by atoms with Crippen molar-refractivity contribution < 1.29 is 44.3 Å². The van der Waals surface area contributed by atoms with Gasteiger partial charge in [0, 0.05) is 7.11 Å². The molecule has 0 saturated heterocycles. The second-order valence-corrected chi connectivity index (χ2v) is 2.83. The van der Waals surface area contributed by atoms with Crippen LogP contribution < -0.4 is 0 Å². The van der Waals surface area contributed by atoms with Gasteiger partial charge in [-0.3, -0.25) is 0 Å². The van der Waals surface area contributed by atoms with Crippen LogP contribution in [-0.4, -0.2) is 32.2 Å². The van der Waals surface area contributed by atoms with Crippen LogP contribution in [0.2, 0.25) is 0 Å². The van der Waals surface area contributed by atoms with E-state index in [4.69, 9.17) is 0 Å². The molecule has 16 heavy (non-hydrogen) atoms. The third kappa shape index (κ3) is 2.20. The lowest BCUT2D eigenvalue weighted by molar-refractivity contribution is -0.434. The zero-order chi connectivity index (χ0) is 13.4. The van der Waals surface area contributed by atoms with Crippen molar-refractivity contribution in [1.29, 1.82) is 0 Å². The Morgan fingerprint density at radius 1 is 0.688 bits per heavy atom. The van der Waals surface area contributed by atoms with Gasteiger partial charge in [0.05, 0.1) is 6.61 Å². The first-order valence-electron chi connectivity index (χ1n) is 3.50. The zero-order valence-electron chi connectivity index (χ0n) is 7.52. The normalized spacial score (nSPS) is 15.4. The fraction of sp³-hybridized carbons (Fsp3) is 1.00. The van der Waals surface area contributed by atoms with Crippen molar-refractivity contribution >= 4 is 0 Å². The van der Waals surface area contributed by atoms with Crippen LogP contribution in [0.15, 0.2) is 0 Å². The van der Waals surface area contributed by atoms with E-state index in [0.29, 0.717) is 7.11 Å². The van der Waals surface area contributed by atoms with Crippen LogP contribution in [-0.2, 0) is 4.74 Å². The van der Waals surface area contributed by atoms with Gasteiger partial charge in [-0.15, -0.1) is 0 Å². The summed E-state index contributed by atoms with van der Waals surface area (Å²) < 4.78 is 112. The average Bonchev–Trinajstić information content (AvgIpc) is 1.91. The van der Waals surface area contributed by atoms with Crippen molar-refractivity contribution in [1.82, 2.24) is 0 Å². The highest BCUT2D eigenvalue weighted by molar-refractivity contribution is 4.99. The minimum Gasteiger partial charge on any atom is -0.383 e. The molecule has 0 aromatic heterocycles. The van der Waals surface area contributed by atoms with Gasteiger partial charge in [0.15, 0.2) is 0 Å². The Hall–Kier alpha value is -0.670. The second-order valence-electron chi connectivity index (χ2n) is 2.83. The first kappa shape index (κ1) is 15.3. The Bertz CT molecular complexity index is 198. The van der Waals surface area contributed by atoms with E-state index in [1.54, 1.807) is 0 Å². The van der Waals surface area contributed by atoms with Gasteiger partial charge in [0.2, 0.25) is 0 Å². The van der Waals surface area contributed by atoms with E-state index < -0.39 is 30.6 Å². The molecule has 0 N–H and O–H groups in total. The number of alkyl halides is 9. The maximum atomic E-state index is 12.0. The van der Waals surface area contributed by atoms with Gasteiger partial charge in [0.25, 0.3) is 5.41 Å². The topological polar surface area (TPSA) is 9.23 Å². The van der Waals surface area contributed by atoms with Gasteiger partial charge < -0.3 is 4.74 Å². The molecule has 0 spiro atoms. The first-order chi connectivity index (χ1) is 6.81. The van der Waals surface area contributed by atoms with Gasteiger partial charge in [0.1, 0.15) is 0 Å². The van der Waals surface area contributed by atoms with E-state index in [1.165, 1.54) is 0 Å². The number of methoxy groups -OCH3 is 1. The average molecular weight is 264 g/mol. The highest BCUT2D eigenvalue weighted by Gasteiger charge is 2.83. The van der Waals surface area contributed by atoms with E-state index in [2.05, 4.69) is 4.74 Å². The molecule has 1 nitrogen and oxygen atoms in total. The van der Waals surface area contributed by atoms with Crippen molar-refractivity contribution in [2.75, 3.05) is 13.7 Å². The third-order valence-corrected chi connectivity index (χ3v) is 1.81. The summed E-state index contributed by atoms with van der Waals surface area (Å²) in [7, 11) is 0.317. The van der Waals surface area contributed by atoms with Crippen LogP contribution in [0.3, 0.4) is 0 Å². The zero-order valence-corrected chi connectivity index (χ0v) is 7.52. The molecule has 0 amide bonds. The van der Waals surface area contributed by atoms with Crippen molar-refractivity contribution in [2.45, 2.75) is 18.5 Å². The summed E-state index contributed by atoms with van der Waals surface area (Å²) in [5.41, 5.74) is -5.86. The lowest BCUT2D eigenvalue weighted by Crippen LogP contribution is -2.62. The van der Waals surface area contributed by atoms with Crippen LogP contribution in [0.5, 0.6) is 0 Å². The summed E-state index contributed by atoms with van der Waals surface area (Å²) in [6, 6.07) is 0. The van der Waals surface area contributed by atoms with Gasteiger partial charge in [-0.2, -0.15) is 39.5 Å². The lowest BCUT2D eigenvalue weighted by atomic mass is 9.86. The molecule has 0 atom stereocenters. The summed E-state index contributed by atoms with van der Waals surface area (Å²) in [5.74, 6) is 0. The number of halogens is 9. The van der Waals surface area contributed by atoms with Crippen LogP contribution in [0.4, 0.5) is 39.5 Å². The molecule has 0 bridgehead atoms. The fourth-order valence-corrected chi connectivity index (χ4v) is 0.944. The highest BCUT2D eigenvalue weighted by Crippen LogP contribution is 2.59. The van der Waals surface area contributed by atoms with E-state index >= 15 is 0 Å². The molecular formula is C6H5F9O. The molecule has 0 aliphatic carbocycles. The van der Waals surface area contributed by atoms with Crippen LogP contribution >= 0.6 is 0 Å². The van der Waals surface area contributed by atoms with Crippen LogP contribution in [0.1, 0.15) is 0 Å². The first-order valence-corrected chi connectivity index (χ1v) is 3.50. The second kappa shape index (κ2) is 3.97. The van der Waals surface area contributed by atoms with Crippen LogP contribution in [0.25, 0.3) is 0 Å². The molecule has 0 unspecified atom stereocenters. The van der Waals surface area contributed by atoms with Crippen LogP contribution in [0, 0.1) is 5.41 Å². The van der Waals surface area contributed by atoms with Gasteiger partial charge >= 0.3 is 18.5 Å². The lowest BCUT2D eigenvalue weighted by Gasteiger charge is -2.37. The summed E-state index contributed by atoms with van der Waals surface area (Å²) in [6.45, 7) is -2.57. The molecular weight excluding hydrogens is 259 g/mol. The number of hydrogen-bond donors (Lipinski definition) is 0. The van der Waals surface area contributed by atoms with E-state index in [0.717, 1.165) is 0 Å². The molecule has 0 heterocycles. The van der Waals surface area contributed by atoms with Crippen molar-refractivity contribution in [3.05, 3.63) is 0 Å². The predicted octanol–water partition coefficient (Wildman–Crippen LogP) is 3.31. The molecule has 0 aromatic carbocycles. The maximum absolute atomic E-state index is 12.0. The Balaban J connectivity index is 5.82. The standard InChI is InChI=1S/C6H5F9O/c1-16-2-3(4(7,8)9,5(10,11)12)6(13,14)15/h2H2,1H3. The van der Waals surface area contributed by atoms with Gasteiger partial charge in [-0.1, -0.05) is 0 Å². The molecule has 0 saturated carbocycles. The summed E-state index contributed by atoms with van der Waals surface area (Å²) in [6.07, 6.45) is -19.6. The van der Waals surface area contributed by atoms with Crippen molar-refractivity contribution in [2.24, 2.45) is 5.41 Å². The fourth-order valence-electron chi connectivity index (χ4n) is 0.944. The highest BCUT2D eigenvalue weighted by atomic mass is 19.4. The molecule has 0 aromatic rings.